The van der Waals surface area contributed by atoms with Crippen molar-refractivity contribution in [3.05, 3.63) is 24.3 Å². The number of hydroxylamine groups is 1. The molecule has 1 fully saturated rings. The Morgan fingerprint density at radius 3 is 2.85 bits per heavy atom. The fraction of sp³-hybridized carbons (Fsp3) is 0.538. The van der Waals surface area contributed by atoms with E-state index in [-0.39, 0.29) is 24.3 Å². The zero-order chi connectivity index (χ0) is 14.4. The summed E-state index contributed by atoms with van der Waals surface area (Å²) in [6, 6.07) is 0.212. The van der Waals surface area contributed by atoms with Gasteiger partial charge in [-0.25, -0.2) is 10.5 Å². The lowest BCUT2D eigenvalue weighted by molar-refractivity contribution is -0.133. The molecule has 1 N–H and O–H groups in total. The second-order valence-corrected chi connectivity index (χ2v) is 4.53. The van der Waals surface area contributed by atoms with E-state index in [9.17, 15) is 9.59 Å². The molecule has 0 aliphatic heterocycles. The van der Waals surface area contributed by atoms with Gasteiger partial charge in [0.05, 0.1) is 12.8 Å². The Morgan fingerprint density at radius 2 is 2.25 bits per heavy atom. The first kappa shape index (κ1) is 14.4. The third kappa shape index (κ3) is 3.99. The number of nitrogens with zero attached hydrogens (tertiary/aromatic N) is 3. The zero-order valence-corrected chi connectivity index (χ0v) is 11.4. The molecule has 1 aromatic rings. The van der Waals surface area contributed by atoms with Crippen molar-refractivity contribution in [3.63, 3.8) is 0 Å². The van der Waals surface area contributed by atoms with Crippen LogP contribution in [0.25, 0.3) is 0 Å². The maximum Gasteiger partial charge on any atom is 0.274 e. The highest BCUT2D eigenvalue weighted by atomic mass is 16.6. The van der Waals surface area contributed by atoms with Gasteiger partial charge >= 0.3 is 0 Å². The number of amides is 2. The van der Waals surface area contributed by atoms with Crippen LogP contribution in [0.15, 0.2) is 18.6 Å². The number of nitrogens with one attached hydrogen (secondary N) is 1. The molecule has 2 rings (SSSR count). The van der Waals surface area contributed by atoms with Crippen molar-refractivity contribution in [1.29, 1.82) is 0 Å². The highest BCUT2D eigenvalue weighted by molar-refractivity contribution is 5.92. The third-order valence-electron chi connectivity index (χ3n) is 2.94. The molecule has 0 aromatic carbocycles. The van der Waals surface area contributed by atoms with Gasteiger partial charge < -0.3 is 4.90 Å². The van der Waals surface area contributed by atoms with Crippen molar-refractivity contribution >= 4 is 11.8 Å². The van der Waals surface area contributed by atoms with E-state index < -0.39 is 0 Å². The van der Waals surface area contributed by atoms with Gasteiger partial charge in [-0.2, -0.15) is 0 Å². The maximum absolute atomic E-state index is 12.3. The Kier molecular flexibility index (Phi) is 5.00. The van der Waals surface area contributed by atoms with E-state index in [2.05, 4.69) is 15.4 Å². The van der Waals surface area contributed by atoms with Crippen molar-refractivity contribution in [2.45, 2.75) is 32.2 Å². The molecule has 7 nitrogen and oxygen atoms in total. The van der Waals surface area contributed by atoms with Crippen molar-refractivity contribution in [2.75, 3.05) is 13.2 Å². The van der Waals surface area contributed by atoms with Crippen LogP contribution in [0.5, 0.6) is 0 Å². The molecule has 0 spiro atoms. The van der Waals surface area contributed by atoms with E-state index in [1.54, 1.807) is 11.8 Å². The van der Waals surface area contributed by atoms with Crippen molar-refractivity contribution < 1.29 is 14.4 Å². The number of rotatable bonds is 7. The summed E-state index contributed by atoms with van der Waals surface area (Å²) in [5, 5.41) is 0. The van der Waals surface area contributed by atoms with E-state index >= 15 is 0 Å². The predicted molar refractivity (Wildman–Crippen MR) is 70.5 cm³/mol. The smallest absolute Gasteiger partial charge is 0.274 e. The SMILES string of the molecule is CCONC(=O)CCN(C(=O)c1cnccn1)C1CC1. The van der Waals surface area contributed by atoms with Gasteiger partial charge in [0.1, 0.15) is 5.69 Å². The lowest BCUT2D eigenvalue weighted by Crippen LogP contribution is -2.37. The predicted octanol–water partition coefficient (Wildman–Crippen LogP) is 0.539. The van der Waals surface area contributed by atoms with Crippen molar-refractivity contribution in [2.24, 2.45) is 0 Å². The molecule has 0 atom stereocenters. The average Bonchev–Trinajstić information content (AvgIpc) is 3.30. The Labute approximate surface area is 117 Å². The average molecular weight is 278 g/mol. The van der Waals surface area contributed by atoms with Crippen LogP contribution in [0.2, 0.25) is 0 Å². The van der Waals surface area contributed by atoms with Gasteiger partial charge in [-0.15, -0.1) is 0 Å². The van der Waals surface area contributed by atoms with E-state index in [1.165, 1.54) is 18.6 Å². The summed E-state index contributed by atoms with van der Waals surface area (Å²) < 4.78 is 0. The van der Waals surface area contributed by atoms with Crippen LogP contribution in [0.3, 0.4) is 0 Å². The zero-order valence-electron chi connectivity index (χ0n) is 11.4. The molecule has 108 valence electrons. The number of hydrogen-bond acceptors (Lipinski definition) is 5. The van der Waals surface area contributed by atoms with Crippen molar-refractivity contribution in [1.82, 2.24) is 20.3 Å². The molecule has 2 amide bonds. The molecule has 0 unspecified atom stereocenters. The largest absolute Gasteiger partial charge is 0.334 e. The minimum atomic E-state index is -0.232. The van der Waals surface area contributed by atoms with Gasteiger partial charge in [-0.3, -0.25) is 19.4 Å². The van der Waals surface area contributed by atoms with Crippen LogP contribution in [-0.4, -0.2) is 45.9 Å². The van der Waals surface area contributed by atoms with Crippen LogP contribution < -0.4 is 5.48 Å². The molecule has 1 aromatic heterocycles. The van der Waals surface area contributed by atoms with Gasteiger partial charge in [0.15, 0.2) is 0 Å². The van der Waals surface area contributed by atoms with Gasteiger partial charge in [-0.1, -0.05) is 0 Å². The van der Waals surface area contributed by atoms with E-state index in [4.69, 9.17) is 4.84 Å². The first-order valence-corrected chi connectivity index (χ1v) is 6.70. The monoisotopic (exact) mass is 278 g/mol. The Morgan fingerprint density at radius 1 is 1.45 bits per heavy atom. The molecular weight excluding hydrogens is 260 g/mol. The fourth-order valence-corrected chi connectivity index (χ4v) is 1.82. The van der Waals surface area contributed by atoms with Crippen LogP contribution >= 0.6 is 0 Å². The van der Waals surface area contributed by atoms with E-state index in [1.807, 2.05) is 0 Å². The number of carbonyl (C=O) groups is 2. The molecule has 0 radical (unpaired) electrons. The lowest BCUT2D eigenvalue weighted by Gasteiger charge is -2.21. The number of hydrogen-bond donors (Lipinski definition) is 1. The first-order valence-electron chi connectivity index (χ1n) is 6.70. The second kappa shape index (κ2) is 6.95. The fourth-order valence-electron chi connectivity index (χ4n) is 1.82. The summed E-state index contributed by atoms with van der Waals surface area (Å²) in [6.45, 7) is 2.56. The standard InChI is InChI=1S/C13H18N4O3/c1-2-20-16-12(18)5-8-17(10-3-4-10)13(19)11-9-14-6-7-15-11/h6-7,9-10H,2-5,8H2,1H3,(H,16,18). The first-order chi connectivity index (χ1) is 9.72. The summed E-state index contributed by atoms with van der Waals surface area (Å²) in [4.78, 5) is 38.2. The van der Waals surface area contributed by atoms with E-state index in [0.717, 1.165) is 12.8 Å². The molecule has 0 saturated heterocycles. The molecule has 0 bridgehead atoms. The number of carbonyl (C=O) groups excluding carboxylic acids is 2. The van der Waals surface area contributed by atoms with Gasteiger partial charge in [0.2, 0.25) is 5.91 Å². The lowest BCUT2D eigenvalue weighted by atomic mass is 10.3. The maximum atomic E-state index is 12.3. The third-order valence-corrected chi connectivity index (χ3v) is 2.94. The molecular formula is C13H18N4O3. The Bertz CT molecular complexity index is 462. The highest BCUT2D eigenvalue weighted by Crippen LogP contribution is 2.28. The molecule has 1 heterocycles. The molecule has 1 saturated carbocycles. The normalized spacial score (nSPS) is 13.8. The Hall–Kier alpha value is -2.02. The minimum absolute atomic E-state index is 0.176. The van der Waals surface area contributed by atoms with Crippen LogP contribution in [0.4, 0.5) is 0 Å². The van der Waals surface area contributed by atoms with Crippen LogP contribution in [0, 0.1) is 0 Å². The van der Waals surface area contributed by atoms with Gasteiger partial charge in [-0.05, 0) is 19.8 Å². The molecule has 7 heteroatoms. The Balaban J connectivity index is 1.91. The summed E-state index contributed by atoms with van der Waals surface area (Å²) in [5.41, 5.74) is 2.63. The molecule has 1 aliphatic carbocycles. The quantitative estimate of drug-likeness (QED) is 0.736. The minimum Gasteiger partial charge on any atom is -0.334 e. The van der Waals surface area contributed by atoms with Crippen molar-refractivity contribution in [3.8, 4) is 0 Å². The second-order valence-electron chi connectivity index (χ2n) is 4.53. The summed E-state index contributed by atoms with van der Waals surface area (Å²) in [6.07, 6.45) is 6.60. The van der Waals surface area contributed by atoms with Gasteiger partial charge in [0, 0.05) is 31.4 Å². The highest BCUT2D eigenvalue weighted by Gasteiger charge is 2.33. The summed E-state index contributed by atoms with van der Waals surface area (Å²) in [7, 11) is 0. The molecule has 1 aliphatic rings. The van der Waals surface area contributed by atoms with E-state index in [0.29, 0.717) is 18.8 Å². The topological polar surface area (TPSA) is 84.4 Å². The summed E-state index contributed by atoms with van der Waals surface area (Å²) in [5.74, 6) is -0.408. The van der Waals surface area contributed by atoms with Gasteiger partial charge in [0.25, 0.3) is 5.91 Å². The van der Waals surface area contributed by atoms with Crippen LogP contribution in [0.1, 0.15) is 36.7 Å². The number of aromatic nitrogens is 2. The summed E-state index contributed by atoms with van der Waals surface area (Å²) >= 11 is 0. The van der Waals surface area contributed by atoms with Crippen LogP contribution in [-0.2, 0) is 9.63 Å². The molecule has 20 heavy (non-hydrogen) atoms.